The van der Waals surface area contributed by atoms with Crippen LogP contribution < -0.4 is 0 Å². The first-order valence-electron chi connectivity index (χ1n) is 6.24. The molecule has 0 radical (unpaired) electrons. The van der Waals surface area contributed by atoms with Crippen molar-refractivity contribution in [1.29, 1.82) is 0 Å². The first kappa shape index (κ1) is 14.3. The van der Waals surface area contributed by atoms with E-state index in [2.05, 4.69) is 15.1 Å². The lowest BCUT2D eigenvalue weighted by Crippen LogP contribution is -1.94. The fourth-order valence-electron chi connectivity index (χ4n) is 1.87. The van der Waals surface area contributed by atoms with Crippen molar-refractivity contribution in [1.82, 2.24) is 15.1 Å². The van der Waals surface area contributed by atoms with Crippen LogP contribution in [0.4, 0.5) is 11.4 Å². The molecule has 1 aromatic carbocycles. The van der Waals surface area contributed by atoms with Gasteiger partial charge in [-0.05, 0) is 12.1 Å². The number of nitro benzene ring substituents is 2. The molecule has 23 heavy (non-hydrogen) atoms. The Morgan fingerprint density at radius 2 is 1.70 bits per heavy atom. The highest BCUT2D eigenvalue weighted by molar-refractivity contribution is 5.64. The first-order chi connectivity index (χ1) is 11.0. The molecule has 0 N–H and O–H groups in total. The summed E-state index contributed by atoms with van der Waals surface area (Å²) in [6, 6.07) is 8.22. The lowest BCUT2D eigenvalue weighted by atomic mass is 10.1. The Kier molecular flexibility index (Phi) is 3.47. The van der Waals surface area contributed by atoms with Gasteiger partial charge in [-0.25, -0.2) is 0 Å². The molecule has 0 bridgehead atoms. The topological polar surface area (TPSA) is 138 Å². The van der Waals surface area contributed by atoms with Crippen molar-refractivity contribution in [2.75, 3.05) is 0 Å². The Labute approximate surface area is 127 Å². The number of nitrogens with zero attached hydrogens (tertiary/aromatic N) is 5. The van der Waals surface area contributed by atoms with Crippen molar-refractivity contribution in [3.8, 4) is 23.0 Å². The van der Waals surface area contributed by atoms with E-state index in [1.54, 1.807) is 24.4 Å². The quantitative estimate of drug-likeness (QED) is 0.529. The maximum atomic E-state index is 10.9. The molecule has 0 saturated carbocycles. The van der Waals surface area contributed by atoms with E-state index in [1.807, 2.05) is 0 Å². The third-order valence-electron chi connectivity index (χ3n) is 2.89. The molecule has 10 heteroatoms. The van der Waals surface area contributed by atoms with Crippen molar-refractivity contribution in [3.05, 3.63) is 62.8 Å². The first-order valence-corrected chi connectivity index (χ1v) is 6.24. The number of pyridine rings is 1. The number of hydrogen-bond acceptors (Lipinski definition) is 8. The summed E-state index contributed by atoms with van der Waals surface area (Å²) in [4.78, 5) is 28.4. The fourth-order valence-corrected chi connectivity index (χ4v) is 1.87. The third kappa shape index (κ3) is 2.85. The molecule has 0 aliphatic heterocycles. The van der Waals surface area contributed by atoms with E-state index >= 15 is 0 Å². The molecule has 0 spiro atoms. The highest BCUT2D eigenvalue weighted by Gasteiger charge is 2.20. The van der Waals surface area contributed by atoms with E-state index in [4.69, 9.17) is 4.52 Å². The Hall–Kier alpha value is -3.69. The fraction of sp³-hybridized carbons (Fsp3) is 0. The van der Waals surface area contributed by atoms with Crippen LogP contribution in [0.15, 0.2) is 47.1 Å². The second kappa shape index (κ2) is 5.60. The van der Waals surface area contributed by atoms with Gasteiger partial charge in [0.15, 0.2) is 0 Å². The SMILES string of the molecule is O=[N+]([O-])c1cc(-c2nc(-c3ccccn3)no2)cc([N+](=O)[O-])c1. The number of nitro groups is 2. The van der Waals surface area contributed by atoms with E-state index in [0.717, 1.165) is 18.2 Å². The van der Waals surface area contributed by atoms with E-state index in [-0.39, 0.29) is 17.3 Å². The monoisotopic (exact) mass is 313 g/mol. The van der Waals surface area contributed by atoms with Gasteiger partial charge in [-0.3, -0.25) is 25.2 Å². The van der Waals surface area contributed by atoms with Crippen molar-refractivity contribution in [3.63, 3.8) is 0 Å². The third-order valence-corrected chi connectivity index (χ3v) is 2.89. The van der Waals surface area contributed by atoms with Gasteiger partial charge in [0.25, 0.3) is 17.3 Å². The zero-order valence-electron chi connectivity index (χ0n) is 11.3. The molecule has 0 amide bonds. The maximum Gasteiger partial charge on any atom is 0.277 e. The van der Waals surface area contributed by atoms with Gasteiger partial charge in [0, 0.05) is 18.3 Å². The number of rotatable bonds is 4. The summed E-state index contributed by atoms with van der Waals surface area (Å²) >= 11 is 0. The second-order valence-corrected chi connectivity index (χ2v) is 4.39. The lowest BCUT2D eigenvalue weighted by Gasteiger charge is -1.97. The zero-order chi connectivity index (χ0) is 16.4. The van der Waals surface area contributed by atoms with E-state index in [0.29, 0.717) is 5.69 Å². The predicted octanol–water partition coefficient (Wildman–Crippen LogP) is 2.62. The Balaban J connectivity index is 2.07. The molecule has 2 aromatic heterocycles. The van der Waals surface area contributed by atoms with Crippen LogP contribution in [-0.2, 0) is 0 Å². The minimum atomic E-state index is -0.730. The van der Waals surface area contributed by atoms with Gasteiger partial charge in [-0.15, -0.1) is 0 Å². The molecule has 10 nitrogen and oxygen atoms in total. The molecule has 2 heterocycles. The number of aromatic nitrogens is 3. The van der Waals surface area contributed by atoms with Gasteiger partial charge in [-0.1, -0.05) is 11.2 Å². The van der Waals surface area contributed by atoms with E-state index in [1.165, 1.54) is 0 Å². The largest absolute Gasteiger partial charge is 0.334 e. The summed E-state index contributed by atoms with van der Waals surface area (Å²) in [5, 5.41) is 25.5. The van der Waals surface area contributed by atoms with E-state index < -0.39 is 21.2 Å². The summed E-state index contributed by atoms with van der Waals surface area (Å²) in [5.41, 5.74) is -0.346. The van der Waals surface area contributed by atoms with Gasteiger partial charge in [0.05, 0.1) is 21.5 Å². The zero-order valence-corrected chi connectivity index (χ0v) is 11.3. The molecular formula is C13H7N5O5. The molecule has 0 aliphatic rings. The van der Waals surface area contributed by atoms with Gasteiger partial charge in [0.1, 0.15) is 5.69 Å². The molecular weight excluding hydrogens is 306 g/mol. The molecule has 0 fully saturated rings. The van der Waals surface area contributed by atoms with Crippen LogP contribution in [0, 0.1) is 20.2 Å². The summed E-state index contributed by atoms with van der Waals surface area (Å²) < 4.78 is 5.03. The summed E-state index contributed by atoms with van der Waals surface area (Å²) in [7, 11) is 0. The van der Waals surface area contributed by atoms with Crippen LogP contribution >= 0.6 is 0 Å². The van der Waals surface area contributed by atoms with Crippen LogP contribution in [0.25, 0.3) is 23.0 Å². The summed E-state index contributed by atoms with van der Waals surface area (Å²) in [5.74, 6) is 0.104. The van der Waals surface area contributed by atoms with Crippen LogP contribution in [0.3, 0.4) is 0 Å². The van der Waals surface area contributed by atoms with Crippen molar-refractivity contribution >= 4 is 11.4 Å². The predicted molar refractivity (Wildman–Crippen MR) is 76.3 cm³/mol. The number of non-ortho nitro benzene ring substituents is 2. The van der Waals surface area contributed by atoms with Crippen LogP contribution in [0.1, 0.15) is 0 Å². The van der Waals surface area contributed by atoms with Gasteiger partial charge in [0.2, 0.25) is 5.82 Å². The van der Waals surface area contributed by atoms with Gasteiger partial charge >= 0.3 is 0 Å². The smallest absolute Gasteiger partial charge is 0.277 e. The minimum Gasteiger partial charge on any atom is -0.334 e. The van der Waals surface area contributed by atoms with E-state index in [9.17, 15) is 20.2 Å². The molecule has 0 aliphatic carbocycles. The van der Waals surface area contributed by atoms with Gasteiger partial charge in [-0.2, -0.15) is 4.98 Å². The van der Waals surface area contributed by atoms with Crippen molar-refractivity contribution in [2.24, 2.45) is 0 Å². The maximum absolute atomic E-state index is 10.9. The molecule has 0 unspecified atom stereocenters. The molecule has 3 rings (SSSR count). The second-order valence-electron chi connectivity index (χ2n) is 4.39. The van der Waals surface area contributed by atoms with Crippen molar-refractivity contribution < 1.29 is 14.4 Å². The molecule has 0 atom stereocenters. The van der Waals surface area contributed by atoms with Crippen molar-refractivity contribution in [2.45, 2.75) is 0 Å². The molecule has 3 aromatic rings. The highest BCUT2D eigenvalue weighted by atomic mass is 16.6. The standard InChI is InChI=1S/C13H7N5O5/c19-17(20)9-5-8(6-10(7-9)18(21)22)13-15-12(16-23-13)11-3-1-2-4-14-11/h1-7H. The normalized spacial score (nSPS) is 10.4. The number of hydrogen-bond donors (Lipinski definition) is 0. The number of benzene rings is 1. The van der Waals surface area contributed by atoms with Gasteiger partial charge < -0.3 is 4.52 Å². The van der Waals surface area contributed by atoms with Crippen LogP contribution in [-0.4, -0.2) is 25.0 Å². The Morgan fingerprint density at radius 3 is 2.26 bits per heavy atom. The van der Waals surface area contributed by atoms with Crippen LogP contribution in [0.5, 0.6) is 0 Å². The molecule has 114 valence electrons. The summed E-state index contributed by atoms with van der Waals surface area (Å²) in [6.07, 6.45) is 1.55. The Bertz CT molecular complexity index is 861. The van der Waals surface area contributed by atoms with Crippen LogP contribution in [0.2, 0.25) is 0 Å². The minimum absolute atomic E-state index is 0.0718. The lowest BCUT2D eigenvalue weighted by molar-refractivity contribution is -0.394. The average Bonchev–Trinajstić information content (AvgIpc) is 3.05. The summed E-state index contributed by atoms with van der Waals surface area (Å²) in [6.45, 7) is 0. The molecule has 0 saturated heterocycles. The Morgan fingerprint density at radius 1 is 1.00 bits per heavy atom. The average molecular weight is 313 g/mol. The highest BCUT2D eigenvalue weighted by Crippen LogP contribution is 2.29.